The van der Waals surface area contributed by atoms with Gasteiger partial charge < -0.3 is 9.64 Å². The molecule has 0 unspecified atom stereocenters. The van der Waals surface area contributed by atoms with Gasteiger partial charge in [-0.1, -0.05) is 12.1 Å². The van der Waals surface area contributed by atoms with Crippen molar-refractivity contribution in [2.75, 3.05) is 36.6 Å². The van der Waals surface area contributed by atoms with Gasteiger partial charge in [-0.05, 0) is 48.4 Å². The summed E-state index contributed by atoms with van der Waals surface area (Å²) < 4.78 is 53.0. The molecule has 172 valence electrons. The third-order valence-electron chi connectivity index (χ3n) is 5.99. The van der Waals surface area contributed by atoms with Crippen molar-refractivity contribution in [2.24, 2.45) is 5.14 Å². The molecule has 1 amide bonds. The number of fused-ring (bicyclic) bond motifs is 1. The molecule has 2 aromatic carbocycles. The topological polar surface area (TPSA) is 127 Å². The number of benzene rings is 2. The van der Waals surface area contributed by atoms with Crippen LogP contribution in [-0.4, -0.2) is 71.4 Å². The Morgan fingerprint density at radius 2 is 1.66 bits per heavy atom. The molecule has 2 heterocycles. The van der Waals surface area contributed by atoms with Crippen LogP contribution >= 0.6 is 0 Å². The van der Waals surface area contributed by atoms with Crippen molar-refractivity contribution in [3.8, 4) is 5.75 Å². The third kappa shape index (κ3) is 4.65. The minimum Gasteiger partial charge on any atom is -0.497 e. The number of methoxy groups -OCH3 is 1. The van der Waals surface area contributed by atoms with Gasteiger partial charge in [0.25, 0.3) is 0 Å². The Morgan fingerprint density at radius 3 is 2.25 bits per heavy atom. The number of nitrogens with zero attached hydrogens (tertiary/aromatic N) is 2. The minimum absolute atomic E-state index is 0.00194. The number of carbonyl (C=O) groups is 1. The van der Waals surface area contributed by atoms with Crippen LogP contribution in [0, 0.1) is 0 Å². The van der Waals surface area contributed by atoms with E-state index in [1.807, 2.05) is 4.90 Å². The summed E-state index contributed by atoms with van der Waals surface area (Å²) in [6.07, 6.45) is 0.546. The molecule has 2 saturated heterocycles. The van der Waals surface area contributed by atoms with Crippen molar-refractivity contribution in [1.29, 1.82) is 0 Å². The number of sulfone groups is 1. The second kappa shape index (κ2) is 8.47. The lowest BCUT2D eigenvalue weighted by molar-refractivity contribution is -0.123. The summed E-state index contributed by atoms with van der Waals surface area (Å²) in [5.74, 6) is 0.429. The fourth-order valence-corrected chi connectivity index (χ4v) is 6.90. The van der Waals surface area contributed by atoms with Gasteiger partial charge in [0.2, 0.25) is 15.9 Å². The Hall–Kier alpha value is -2.47. The molecule has 4 rings (SSSR count). The number of carbonyl (C=O) groups excluding carboxylic acids is 1. The molecule has 0 spiro atoms. The van der Waals surface area contributed by atoms with Crippen LogP contribution in [0.25, 0.3) is 0 Å². The Labute approximate surface area is 187 Å². The molecule has 0 aromatic heterocycles. The van der Waals surface area contributed by atoms with Gasteiger partial charge in [-0.3, -0.25) is 9.69 Å². The number of sulfonamides is 1. The molecule has 0 aliphatic carbocycles. The van der Waals surface area contributed by atoms with Crippen molar-refractivity contribution in [3.05, 3.63) is 54.1 Å². The van der Waals surface area contributed by atoms with E-state index in [2.05, 4.69) is 0 Å². The molecule has 2 N–H and O–H groups in total. The lowest BCUT2D eigenvalue weighted by Gasteiger charge is -2.43. The van der Waals surface area contributed by atoms with Crippen molar-refractivity contribution < 1.29 is 26.4 Å². The normalized spacial score (nSPS) is 23.2. The lowest BCUT2D eigenvalue weighted by atomic mass is 10.0. The Bertz CT molecular complexity index is 1210. The van der Waals surface area contributed by atoms with Gasteiger partial charge in [0, 0.05) is 18.3 Å². The standard InChI is InChI=1S/C21H25N3O6S2/c1-30-17-6-4-16(5-7-17)24-20-14-31(26,27)13-19(20)23(12-21(24)25)11-10-15-2-8-18(9-3-15)32(22,28)29/h2-9,19-20H,10-14H2,1H3,(H2,22,28,29)/t19-,20+/m0/s1. The predicted octanol–water partition coefficient (Wildman–Crippen LogP) is 0.400. The highest BCUT2D eigenvalue weighted by molar-refractivity contribution is 7.91. The zero-order valence-electron chi connectivity index (χ0n) is 17.5. The van der Waals surface area contributed by atoms with Crippen LogP contribution in [0.3, 0.4) is 0 Å². The smallest absolute Gasteiger partial charge is 0.241 e. The van der Waals surface area contributed by atoms with E-state index in [1.165, 1.54) is 12.1 Å². The van der Waals surface area contributed by atoms with Crippen molar-refractivity contribution >= 4 is 31.5 Å². The van der Waals surface area contributed by atoms with Crippen LogP contribution in [0.1, 0.15) is 5.56 Å². The van der Waals surface area contributed by atoms with E-state index < -0.39 is 25.9 Å². The third-order valence-corrected chi connectivity index (χ3v) is 8.62. The van der Waals surface area contributed by atoms with E-state index in [1.54, 1.807) is 48.4 Å². The summed E-state index contributed by atoms with van der Waals surface area (Å²) in [5, 5.41) is 5.13. The number of ether oxygens (including phenoxy) is 1. The first-order chi connectivity index (χ1) is 15.1. The number of piperazine rings is 1. The number of primary sulfonamides is 1. The molecule has 32 heavy (non-hydrogen) atoms. The molecule has 2 fully saturated rings. The van der Waals surface area contributed by atoms with Crippen molar-refractivity contribution in [2.45, 2.75) is 23.4 Å². The zero-order valence-corrected chi connectivity index (χ0v) is 19.2. The summed E-state index contributed by atoms with van der Waals surface area (Å²) in [6, 6.07) is 12.5. The summed E-state index contributed by atoms with van der Waals surface area (Å²) in [5.41, 5.74) is 1.53. The first-order valence-corrected chi connectivity index (χ1v) is 13.5. The molecule has 9 nitrogen and oxygen atoms in total. The Balaban J connectivity index is 1.53. The Morgan fingerprint density at radius 1 is 1.03 bits per heavy atom. The Kier molecular flexibility index (Phi) is 6.01. The van der Waals surface area contributed by atoms with E-state index in [-0.39, 0.29) is 34.9 Å². The quantitative estimate of drug-likeness (QED) is 0.635. The first kappa shape index (κ1) is 22.7. The van der Waals surface area contributed by atoms with Gasteiger partial charge in [-0.2, -0.15) is 0 Å². The van der Waals surface area contributed by atoms with Gasteiger partial charge >= 0.3 is 0 Å². The summed E-state index contributed by atoms with van der Waals surface area (Å²) >= 11 is 0. The van der Waals surface area contributed by atoms with Gasteiger partial charge in [-0.25, -0.2) is 22.0 Å². The predicted molar refractivity (Wildman–Crippen MR) is 120 cm³/mol. The van der Waals surface area contributed by atoms with E-state index in [0.717, 1.165) is 5.56 Å². The minimum atomic E-state index is -3.76. The average Bonchev–Trinajstić information content (AvgIpc) is 3.07. The SMILES string of the molecule is COc1ccc(N2C(=O)CN(CCc3ccc(S(N)(=O)=O)cc3)[C@H]3CS(=O)(=O)C[C@H]32)cc1. The number of anilines is 1. The highest BCUT2D eigenvalue weighted by Crippen LogP contribution is 2.32. The average molecular weight is 480 g/mol. The monoisotopic (exact) mass is 479 g/mol. The second-order valence-corrected chi connectivity index (χ2v) is 11.8. The van der Waals surface area contributed by atoms with Crippen LogP contribution in [0.4, 0.5) is 5.69 Å². The highest BCUT2D eigenvalue weighted by Gasteiger charge is 2.49. The molecular formula is C21H25N3O6S2. The molecule has 2 aromatic rings. The molecule has 11 heteroatoms. The van der Waals surface area contributed by atoms with Gasteiger partial charge in [0.15, 0.2) is 9.84 Å². The number of rotatable bonds is 6. The molecule has 0 bridgehead atoms. The van der Waals surface area contributed by atoms with Gasteiger partial charge in [-0.15, -0.1) is 0 Å². The van der Waals surface area contributed by atoms with Crippen LogP contribution in [0.2, 0.25) is 0 Å². The van der Waals surface area contributed by atoms with Crippen molar-refractivity contribution in [1.82, 2.24) is 4.90 Å². The summed E-state index contributed by atoms with van der Waals surface area (Å²) in [4.78, 5) is 16.6. The number of hydrogen-bond donors (Lipinski definition) is 1. The maximum atomic E-state index is 13.1. The maximum absolute atomic E-state index is 13.1. The number of nitrogens with two attached hydrogens (primary N) is 1. The van der Waals surface area contributed by atoms with E-state index in [9.17, 15) is 21.6 Å². The first-order valence-electron chi connectivity index (χ1n) is 10.1. The van der Waals surface area contributed by atoms with E-state index in [4.69, 9.17) is 9.88 Å². The molecule has 2 atom stereocenters. The highest BCUT2D eigenvalue weighted by atomic mass is 32.2. The van der Waals surface area contributed by atoms with Crippen LogP contribution in [-0.2, 0) is 31.1 Å². The summed E-state index contributed by atoms with van der Waals surface area (Å²) in [6.45, 7) is 0.589. The molecule has 0 radical (unpaired) electrons. The molecule has 0 saturated carbocycles. The molecule has 2 aliphatic heterocycles. The van der Waals surface area contributed by atoms with Crippen LogP contribution < -0.4 is 14.8 Å². The number of hydrogen-bond acceptors (Lipinski definition) is 7. The molecular weight excluding hydrogens is 454 g/mol. The van der Waals surface area contributed by atoms with E-state index >= 15 is 0 Å². The largest absolute Gasteiger partial charge is 0.497 e. The van der Waals surface area contributed by atoms with E-state index in [0.29, 0.717) is 24.4 Å². The number of amides is 1. The fraction of sp³-hybridized carbons (Fsp3) is 0.381. The zero-order chi connectivity index (χ0) is 23.1. The van der Waals surface area contributed by atoms with Crippen molar-refractivity contribution in [3.63, 3.8) is 0 Å². The second-order valence-electron chi connectivity index (χ2n) is 8.08. The van der Waals surface area contributed by atoms with Crippen LogP contribution in [0.15, 0.2) is 53.4 Å². The maximum Gasteiger partial charge on any atom is 0.241 e. The lowest BCUT2D eigenvalue weighted by Crippen LogP contribution is -2.62. The molecule has 2 aliphatic rings. The van der Waals surface area contributed by atoms with Gasteiger partial charge in [0.05, 0.1) is 36.1 Å². The van der Waals surface area contributed by atoms with Gasteiger partial charge in [0.1, 0.15) is 5.75 Å². The van der Waals surface area contributed by atoms with Crippen LogP contribution in [0.5, 0.6) is 5.75 Å². The fourth-order valence-electron chi connectivity index (χ4n) is 4.40. The summed E-state index contributed by atoms with van der Waals surface area (Å²) in [7, 11) is -5.49.